The van der Waals surface area contributed by atoms with Crippen LogP contribution in [0.5, 0.6) is 0 Å². The zero-order chi connectivity index (χ0) is 19.7. The van der Waals surface area contributed by atoms with E-state index in [1.54, 1.807) is 18.3 Å². The molecule has 9 heteroatoms. The lowest BCUT2D eigenvalue weighted by Crippen LogP contribution is -2.25. The number of hydrogen-bond donors (Lipinski definition) is 0. The molecule has 1 aliphatic heterocycles. The van der Waals surface area contributed by atoms with Crippen molar-refractivity contribution < 1.29 is 9.32 Å². The summed E-state index contributed by atoms with van der Waals surface area (Å²) in [7, 11) is 1.80. The molecule has 0 saturated carbocycles. The number of imidazole rings is 1. The fourth-order valence-electron chi connectivity index (χ4n) is 3.55. The largest absolute Gasteiger partial charge is 0.335 e. The number of aromatic nitrogens is 4. The predicted molar refractivity (Wildman–Crippen MR) is 106 cm³/mol. The van der Waals surface area contributed by atoms with Gasteiger partial charge in [-0.25, -0.2) is 4.98 Å². The Kier molecular flexibility index (Phi) is 5.27. The summed E-state index contributed by atoms with van der Waals surface area (Å²) < 4.78 is 7.49. The average molecular weight is 401 g/mol. The van der Waals surface area contributed by atoms with Crippen molar-refractivity contribution in [2.75, 3.05) is 20.1 Å². The highest BCUT2D eigenvalue weighted by molar-refractivity contribution is 7.12. The van der Waals surface area contributed by atoms with Gasteiger partial charge < -0.3 is 9.42 Å². The average Bonchev–Trinajstić information content (AvgIpc) is 3.39. The number of fused-ring (bicyclic) bond motifs is 3. The molecule has 148 valence electrons. The van der Waals surface area contributed by atoms with E-state index < -0.39 is 0 Å². The molecule has 3 aromatic heterocycles. The van der Waals surface area contributed by atoms with E-state index in [1.165, 1.54) is 11.3 Å². The second-order valence-corrected chi connectivity index (χ2v) is 7.91. The maximum absolute atomic E-state index is 12.6. The molecule has 4 rings (SSSR count). The number of amides is 1. The monoisotopic (exact) mass is 400 g/mol. The first-order chi connectivity index (χ1) is 13.6. The zero-order valence-electron chi connectivity index (χ0n) is 16.4. The van der Waals surface area contributed by atoms with Crippen molar-refractivity contribution in [3.05, 3.63) is 34.2 Å². The lowest BCUT2D eigenvalue weighted by Gasteiger charge is -2.18. The normalized spacial score (nSPS) is 13.7. The quantitative estimate of drug-likeness (QED) is 0.606. The number of thiophene rings is 1. The van der Waals surface area contributed by atoms with Crippen LogP contribution in [0.4, 0.5) is 0 Å². The molecule has 0 aliphatic carbocycles. The highest BCUT2D eigenvalue weighted by Crippen LogP contribution is 2.32. The van der Waals surface area contributed by atoms with E-state index in [9.17, 15) is 4.79 Å². The Morgan fingerprint density at radius 2 is 2.07 bits per heavy atom. The molecule has 0 fully saturated rings. The molecular formula is C19H24N6O2S. The summed E-state index contributed by atoms with van der Waals surface area (Å²) in [6, 6.07) is 1.94. The minimum absolute atomic E-state index is 0.0145. The van der Waals surface area contributed by atoms with Gasteiger partial charge in [0.25, 0.3) is 11.8 Å². The molecule has 0 bridgehead atoms. The number of rotatable bonds is 7. The van der Waals surface area contributed by atoms with Crippen molar-refractivity contribution in [3.8, 4) is 17.3 Å². The van der Waals surface area contributed by atoms with Crippen molar-refractivity contribution in [1.82, 2.24) is 29.5 Å². The second-order valence-electron chi connectivity index (χ2n) is 7.00. The summed E-state index contributed by atoms with van der Waals surface area (Å²) in [6.07, 6.45) is 3.90. The first-order valence-corrected chi connectivity index (χ1v) is 10.4. The minimum atomic E-state index is 0.0145. The van der Waals surface area contributed by atoms with E-state index in [-0.39, 0.29) is 5.91 Å². The molecule has 28 heavy (non-hydrogen) atoms. The molecule has 4 heterocycles. The topological polar surface area (TPSA) is 80.3 Å². The summed E-state index contributed by atoms with van der Waals surface area (Å²) in [4.78, 5) is 26.5. The Balaban J connectivity index is 1.65. The van der Waals surface area contributed by atoms with Gasteiger partial charge in [-0.2, -0.15) is 4.98 Å². The van der Waals surface area contributed by atoms with Gasteiger partial charge in [-0.1, -0.05) is 19.0 Å². The highest BCUT2D eigenvalue weighted by Gasteiger charge is 2.29. The molecule has 0 spiro atoms. The van der Waals surface area contributed by atoms with Gasteiger partial charge in [0.2, 0.25) is 0 Å². The van der Waals surface area contributed by atoms with Crippen LogP contribution in [0.3, 0.4) is 0 Å². The van der Waals surface area contributed by atoms with Crippen LogP contribution in [0.2, 0.25) is 0 Å². The number of hydrogen-bond acceptors (Lipinski definition) is 7. The summed E-state index contributed by atoms with van der Waals surface area (Å²) in [5.41, 5.74) is 2.36. The van der Waals surface area contributed by atoms with Gasteiger partial charge in [0, 0.05) is 7.05 Å². The van der Waals surface area contributed by atoms with Crippen LogP contribution in [0, 0.1) is 0 Å². The predicted octanol–water partition coefficient (Wildman–Crippen LogP) is 3.19. The lowest BCUT2D eigenvalue weighted by molar-refractivity contribution is 0.0792. The Bertz CT molecular complexity index is 969. The Labute approximate surface area is 167 Å². The number of nitrogens with zero attached hydrogens (tertiary/aromatic N) is 6. The summed E-state index contributed by atoms with van der Waals surface area (Å²) in [5.74, 6) is 1.07. The van der Waals surface area contributed by atoms with E-state index >= 15 is 0 Å². The van der Waals surface area contributed by atoms with Crippen molar-refractivity contribution in [1.29, 1.82) is 0 Å². The van der Waals surface area contributed by atoms with Crippen LogP contribution in [-0.4, -0.2) is 55.5 Å². The van der Waals surface area contributed by atoms with Crippen molar-refractivity contribution in [2.24, 2.45) is 0 Å². The van der Waals surface area contributed by atoms with Crippen LogP contribution < -0.4 is 0 Å². The fourth-order valence-corrected chi connectivity index (χ4v) is 4.43. The van der Waals surface area contributed by atoms with Crippen molar-refractivity contribution in [2.45, 2.75) is 39.8 Å². The first-order valence-electron chi connectivity index (χ1n) is 9.57. The second kappa shape index (κ2) is 7.84. The molecule has 3 aromatic rings. The van der Waals surface area contributed by atoms with E-state index in [0.29, 0.717) is 35.4 Å². The van der Waals surface area contributed by atoms with Crippen LogP contribution in [-0.2, 0) is 13.1 Å². The minimum Gasteiger partial charge on any atom is -0.335 e. The molecule has 0 unspecified atom stereocenters. The van der Waals surface area contributed by atoms with E-state index in [4.69, 9.17) is 4.52 Å². The van der Waals surface area contributed by atoms with Gasteiger partial charge in [-0.05, 0) is 37.4 Å². The van der Waals surface area contributed by atoms with E-state index in [2.05, 4.69) is 33.9 Å². The third-order valence-electron chi connectivity index (χ3n) is 4.81. The molecule has 0 aromatic carbocycles. The Morgan fingerprint density at radius 3 is 2.82 bits per heavy atom. The molecule has 0 atom stereocenters. The first kappa shape index (κ1) is 18.8. The van der Waals surface area contributed by atoms with Gasteiger partial charge in [-0.3, -0.25) is 14.3 Å². The van der Waals surface area contributed by atoms with Crippen LogP contribution in [0.15, 0.2) is 22.3 Å². The summed E-state index contributed by atoms with van der Waals surface area (Å²) in [6.45, 7) is 7.44. The van der Waals surface area contributed by atoms with Crippen LogP contribution in [0.25, 0.3) is 17.3 Å². The van der Waals surface area contributed by atoms with Gasteiger partial charge in [0.1, 0.15) is 11.2 Å². The van der Waals surface area contributed by atoms with E-state index in [1.807, 2.05) is 16.0 Å². The van der Waals surface area contributed by atoms with Crippen molar-refractivity contribution >= 4 is 17.2 Å². The molecule has 0 saturated heterocycles. The standard InChI is InChI=1S/C19H24N6O2S/c1-4-7-24(8-5-2)11-15-21-18(27-22-15)16-14-10-23(3)19(26)17-13(6-9-28-17)25(14)12-20-16/h6,9,12H,4-5,7-8,10-11H2,1-3H3. The smallest absolute Gasteiger partial charge is 0.278 e. The van der Waals surface area contributed by atoms with E-state index in [0.717, 1.165) is 37.3 Å². The van der Waals surface area contributed by atoms with Gasteiger partial charge in [0.05, 0.1) is 24.5 Å². The highest BCUT2D eigenvalue weighted by atomic mass is 32.1. The molecule has 0 radical (unpaired) electrons. The van der Waals surface area contributed by atoms with Crippen LogP contribution >= 0.6 is 11.3 Å². The SMILES string of the molecule is CCCN(CCC)Cc1noc(-c2ncn3c2CN(C)C(=O)c2sccc2-3)n1. The third-order valence-corrected chi connectivity index (χ3v) is 5.71. The molecular weight excluding hydrogens is 376 g/mol. The van der Waals surface area contributed by atoms with Crippen molar-refractivity contribution in [3.63, 3.8) is 0 Å². The summed E-state index contributed by atoms with van der Waals surface area (Å²) in [5, 5.41) is 6.08. The molecule has 8 nitrogen and oxygen atoms in total. The maximum atomic E-state index is 12.6. The maximum Gasteiger partial charge on any atom is 0.278 e. The van der Waals surface area contributed by atoms with Crippen LogP contribution in [0.1, 0.15) is 47.9 Å². The Hall–Kier alpha value is -2.52. The summed E-state index contributed by atoms with van der Waals surface area (Å²) >= 11 is 1.44. The molecule has 1 amide bonds. The number of carbonyl (C=O) groups excluding carboxylic acids is 1. The Morgan fingerprint density at radius 1 is 1.29 bits per heavy atom. The molecule has 1 aliphatic rings. The van der Waals surface area contributed by atoms with Gasteiger partial charge in [0.15, 0.2) is 11.5 Å². The van der Waals surface area contributed by atoms with Gasteiger partial charge in [-0.15, -0.1) is 11.3 Å². The molecule has 0 N–H and O–H groups in total. The number of carbonyl (C=O) groups is 1. The lowest BCUT2D eigenvalue weighted by atomic mass is 10.3. The zero-order valence-corrected chi connectivity index (χ0v) is 17.2. The fraction of sp³-hybridized carbons (Fsp3) is 0.474. The van der Waals surface area contributed by atoms with Gasteiger partial charge >= 0.3 is 0 Å². The third kappa shape index (κ3) is 3.35.